The van der Waals surface area contributed by atoms with Crippen molar-refractivity contribution in [3.63, 3.8) is 0 Å². The molecule has 0 spiro atoms. The standard InChI is InChI=1S/C14H17NOS/c1-11-7-8-13(17-11)9-15-14-6-4-3-5-12(14)10-16-2/h3-8,15H,9-10H2,1-2H3. The molecule has 0 saturated heterocycles. The number of hydrogen-bond acceptors (Lipinski definition) is 3. The molecule has 1 aromatic heterocycles. The maximum atomic E-state index is 5.19. The molecular weight excluding hydrogens is 230 g/mol. The number of rotatable bonds is 5. The molecule has 0 aliphatic heterocycles. The fraction of sp³-hybridized carbons (Fsp3) is 0.286. The third-order valence-electron chi connectivity index (χ3n) is 2.57. The van der Waals surface area contributed by atoms with Gasteiger partial charge in [0.15, 0.2) is 0 Å². The van der Waals surface area contributed by atoms with Gasteiger partial charge in [-0.2, -0.15) is 0 Å². The monoisotopic (exact) mass is 247 g/mol. The van der Waals surface area contributed by atoms with Crippen LogP contribution in [0.4, 0.5) is 5.69 Å². The van der Waals surface area contributed by atoms with Crippen molar-refractivity contribution in [1.82, 2.24) is 0 Å². The lowest BCUT2D eigenvalue weighted by Crippen LogP contribution is -2.01. The SMILES string of the molecule is COCc1ccccc1NCc1ccc(C)s1. The van der Waals surface area contributed by atoms with Crippen molar-refractivity contribution in [2.75, 3.05) is 12.4 Å². The van der Waals surface area contributed by atoms with E-state index in [0.29, 0.717) is 6.61 Å². The van der Waals surface area contributed by atoms with Crippen LogP contribution < -0.4 is 5.32 Å². The van der Waals surface area contributed by atoms with Crippen LogP contribution in [0.3, 0.4) is 0 Å². The van der Waals surface area contributed by atoms with E-state index in [1.54, 1.807) is 7.11 Å². The summed E-state index contributed by atoms with van der Waals surface area (Å²) in [6.07, 6.45) is 0. The first kappa shape index (κ1) is 12.1. The molecule has 1 heterocycles. The lowest BCUT2D eigenvalue weighted by Gasteiger charge is -2.10. The molecule has 17 heavy (non-hydrogen) atoms. The van der Waals surface area contributed by atoms with Gasteiger partial charge in [0.2, 0.25) is 0 Å². The summed E-state index contributed by atoms with van der Waals surface area (Å²) in [6, 6.07) is 12.6. The van der Waals surface area contributed by atoms with E-state index < -0.39 is 0 Å². The zero-order valence-electron chi connectivity index (χ0n) is 10.2. The van der Waals surface area contributed by atoms with Crippen LogP contribution in [-0.2, 0) is 17.9 Å². The van der Waals surface area contributed by atoms with E-state index in [9.17, 15) is 0 Å². The predicted molar refractivity (Wildman–Crippen MR) is 73.5 cm³/mol. The summed E-state index contributed by atoms with van der Waals surface area (Å²) in [4.78, 5) is 2.71. The molecule has 0 amide bonds. The third kappa shape index (κ3) is 3.32. The minimum atomic E-state index is 0.645. The summed E-state index contributed by atoms with van der Waals surface area (Å²) in [7, 11) is 1.72. The van der Waals surface area contributed by atoms with Crippen molar-refractivity contribution >= 4 is 17.0 Å². The maximum Gasteiger partial charge on any atom is 0.0733 e. The van der Waals surface area contributed by atoms with Crippen LogP contribution in [0.1, 0.15) is 15.3 Å². The Hall–Kier alpha value is -1.32. The van der Waals surface area contributed by atoms with Crippen LogP contribution in [0.15, 0.2) is 36.4 Å². The summed E-state index contributed by atoms with van der Waals surface area (Å²) in [5.41, 5.74) is 2.35. The van der Waals surface area contributed by atoms with E-state index in [1.165, 1.54) is 15.3 Å². The van der Waals surface area contributed by atoms with Crippen LogP contribution in [0.5, 0.6) is 0 Å². The smallest absolute Gasteiger partial charge is 0.0733 e. The average molecular weight is 247 g/mol. The van der Waals surface area contributed by atoms with E-state index in [0.717, 1.165) is 12.2 Å². The fourth-order valence-electron chi connectivity index (χ4n) is 1.74. The molecule has 0 bridgehead atoms. The second-order valence-electron chi connectivity index (χ2n) is 3.96. The van der Waals surface area contributed by atoms with Gasteiger partial charge in [0.25, 0.3) is 0 Å². The van der Waals surface area contributed by atoms with Gasteiger partial charge < -0.3 is 10.1 Å². The first-order chi connectivity index (χ1) is 8.29. The van der Waals surface area contributed by atoms with Crippen molar-refractivity contribution in [2.24, 2.45) is 0 Å². The minimum Gasteiger partial charge on any atom is -0.380 e. The Morgan fingerprint density at radius 3 is 2.71 bits per heavy atom. The van der Waals surface area contributed by atoms with Gasteiger partial charge >= 0.3 is 0 Å². The summed E-state index contributed by atoms with van der Waals surface area (Å²) < 4.78 is 5.19. The number of methoxy groups -OCH3 is 1. The zero-order chi connectivity index (χ0) is 12.1. The molecule has 1 aromatic carbocycles. The molecule has 2 rings (SSSR count). The van der Waals surface area contributed by atoms with Gasteiger partial charge in [0.1, 0.15) is 0 Å². The summed E-state index contributed by atoms with van der Waals surface area (Å²) in [5.74, 6) is 0. The lowest BCUT2D eigenvalue weighted by molar-refractivity contribution is 0.185. The highest BCUT2D eigenvalue weighted by Crippen LogP contribution is 2.20. The topological polar surface area (TPSA) is 21.3 Å². The molecule has 1 N–H and O–H groups in total. The average Bonchev–Trinajstić information content (AvgIpc) is 2.74. The normalized spacial score (nSPS) is 10.5. The van der Waals surface area contributed by atoms with Crippen LogP contribution in [0.2, 0.25) is 0 Å². The molecule has 3 heteroatoms. The Balaban J connectivity index is 2.03. The number of anilines is 1. The van der Waals surface area contributed by atoms with Crippen molar-refractivity contribution in [2.45, 2.75) is 20.1 Å². The highest BCUT2D eigenvalue weighted by atomic mass is 32.1. The quantitative estimate of drug-likeness (QED) is 0.867. The highest BCUT2D eigenvalue weighted by molar-refractivity contribution is 7.11. The number of thiophene rings is 1. The Bertz CT molecular complexity index is 479. The van der Waals surface area contributed by atoms with Crippen molar-refractivity contribution in [3.05, 3.63) is 51.7 Å². The molecule has 0 radical (unpaired) electrons. The van der Waals surface area contributed by atoms with E-state index in [4.69, 9.17) is 4.74 Å². The molecule has 2 aromatic rings. The number of para-hydroxylation sites is 1. The van der Waals surface area contributed by atoms with Gasteiger partial charge in [0.05, 0.1) is 6.61 Å². The molecule has 0 aliphatic rings. The van der Waals surface area contributed by atoms with Crippen molar-refractivity contribution in [3.8, 4) is 0 Å². The number of aryl methyl sites for hydroxylation is 1. The van der Waals surface area contributed by atoms with Crippen LogP contribution >= 0.6 is 11.3 Å². The van der Waals surface area contributed by atoms with Gasteiger partial charge in [0, 0.05) is 34.7 Å². The van der Waals surface area contributed by atoms with Crippen LogP contribution in [-0.4, -0.2) is 7.11 Å². The Labute approximate surface area is 106 Å². The van der Waals surface area contributed by atoms with Gasteiger partial charge in [-0.25, -0.2) is 0 Å². The van der Waals surface area contributed by atoms with Gasteiger partial charge in [-0.15, -0.1) is 11.3 Å². The second-order valence-corrected chi connectivity index (χ2v) is 5.33. The van der Waals surface area contributed by atoms with Crippen molar-refractivity contribution in [1.29, 1.82) is 0 Å². The Morgan fingerprint density at radius 2 is 2.00 bits per heavy atom. The van der Waals surface area contributed by atoms with Crippen LogP contribution in [0, 0.1) is 6.92 Å². The minimum absolute atomic E-state index is 0.645. The van der Waals surface area contributed by atoms with Gasteiger partial charge in [-0.05, 0) is 25.1 Å². The fourth-order valence-corrected chi connectivity index (χ4v) is 2.57. The summed E-state index contributed by atoms with van der Waals surface area (Å²) in [5, 5.41) is 3.46. The number of nitrogens with one attached hydrogen (secondary N) is 1. The van der Waals surface area contributed by atoms with E-state index in [-0.39, 0.29) is 0 Å². The van der Waals surface area contributed by atoms with Gasteiger partial charge in [-0.3, -0.25) is 0 Å². The van der Waals surface area contributed by atoms with E-state index in [1.807, 2.05) is 23.5 Å². The van der Waals surface area contributed by atoms with E-state index >= 15 is 0 Å². The Kier molecular flexibility index (Phi) is 4.18. The number of benzene rings is 1. The number of hydrogen-bond donors (Lipinski definition) is 1. The molecule has 0 atom stereocenters. The third-order valence-corrected chi connectivity index (χ3v) is 3.57. The molecule has 0 fully saturated rings. The molecule has 0 saturated carbocycles. The summed E-state index contributed by atoms with van der Waals surface area (Å²) >= 11 is 1.83. The lowest BCUT2D eigenvalue weighted by atomic mass is 10.2. The van der Waals surface area contributed by atoms with E-state index in [2.05, 4.69) is 36.5 Å². The Morgan fingerprint density at radius 1 is 1.18 bits per heavy atom. The first-order valence-electron chi connectivity index (χ1n) is 5.65. The zero-order valence-corrected chi connectivity index (χ0v) is 11.0. The van der Waals surface area contributed by atoms with Gasteiger partial charge in [-0.1, -0.05) is 18.2 Å². The highest BCUT2D eigenvalue weighted by Gasteiger charge is 2.01. The van der Waals surface area contributed by atoms with Crippen molar-refractivity contribution < 1.29 is 4.74 Å². The first-order valence-corrected chi connectivity index (χ1v) is 6.47. The maximum absolute atomic E-state index is 5.19. The van der Waals surface area contributed by atoms with Crippen LogP contribution in [0.25, 0.3) is 0 Å². The second kappa shape index (κ2) is 5.84. The summed E-state index contributed by atoms with van der Waals surface area (Å²) in [6.45, 7) is 3.65. The molecule has 0 unspecified atom stereocenters. The molecule has 90 valence electrons. The molecule has 0 aliphatic carbocycles. The number of ether oxygens (including phenoxy) is 1. The molecular formula is C14H17NOS. The largest absolute Gasteiger partial charge is 0.380 e. The molecule has 2 nitrogen and oxygen atoms in total. The predicted octanol–water partition coefficient (Wildman–Crippen LogP) is 3.82.